The molecule has 1 saturated heterocycles. The number of hydrogen-bond donors (Lipinski definition) is 1. The summed E-state index contributed by atoms with van der Waals surface area (Å²) < 4.78 is 0. The van der Waals surface area contributed by atoms with E-state index in [2.05, 4.69) is 31.0 Å². The zero-order chi connectivity index (χ0) is 13.8. The highest BCUT2D eigenvalue weighted by atomic mass is 16.2. The first-order valence-corrected chi connectivity index (χ1v) is 7.17. The Labute approximate surface area is 116 Å². The number of amides is 1. The Morgan fingerprint density at radius 1 is 1.37 bits per heavy atom. The topological polar surface area (TPSA) is 32.3 Å². The summed E-state index contributed by atoms with van der Waals surface area (Å²) in [5, 5.41) is 3.48. The first-order chi connectivity index (χ1) is 9.08. The molecule has 2 unspecified atom stereocenters. The Balaban J connectivity index is 2.15. The number of piperazine rings is 1. The second-order valence-corrected chi connectivity index (χ2v) is 5.92. The quantitative estimate of drug-likeness (QED) is 0.906. The maximum absolute atomic E-state index is 12.6. The van der Waals surface area contributed by atoms with Crippen LogP contribution in [0.15, 0.2) is 30.3 Å². The highest BCUT2D eigenvalue weighted by Crippen LogP contribution is 2.18. The van der Waals surface area contributed by atoms with Crippen molar-refractivity contribution in [3.8, 4) is 0 Å². The molecule has 1 aliphatic heterocycles. The molecule has 3 nitrogen and oxygen atoms in total. The SMILES string of the molecule is CC(C)CC1CNC(C)CN1C(=O)c1ccccc1. The number of carbonyl (C=O) groups excluding carboxylic acids is 1. The largest absolute Gasteiger partial charge is 0.333 e. The molecule has 1 aromatic rings. The third-order valence-corrected chi connectivity index (χ3v) is 3.64. The van der Waals surface area contributed by atoms with Crippen molar-refractivity contribution in [2.45, 2.75) is 39.3 Å². The third kappa shape index (κ3) is 3.57. The van der Waals surface area contributed by atoms with Crippen LogP contribution < -0.4 is 5.32 Å². The molecule has 1 fully saturated rings. The predicted octanol–water partition coefficient (Wildman–Crippen LogP) is 2.54. The highest BCUT2D eigenvalue weighted by Gasteiger charge is 2.30. The number of rotatable bonds is 3. The fourth-order valence-electron chi connectivity index (χ4n) is 2.71. The van der Waals surface area contributed by atoms with Gasteiger partial charge in [-0.05, 0) is 31.4 Å². The van der Waals surface area contributed by atoms with Crippen molar-refractivity contribution in [3.05, 3.63) is 35.9 Å². The van der Waals surface area contributed by atoms with Gasteiger partial charge in [0.15, 0.2) is 0 Å². The summed E-state index contributed by atoms with van der Waals surface area (Å²) in [5.74, 6) is 0.769. The van der Waals surface area contributed by atoms with Gasteiger partial charge in [0.2, 0.25) is 0 Å². The third-order valence-electron chi connectivity index (χ3n) is 3.64. The van der Waals surface area contributed by atoms with Crippen molar-refractivity contribution in [2.24, 2.45) is 5.92 Å². The molecule has 1 N–H and O–H groups in total. The van der Waals surface area contributed by atoms with Gasteiger partial charge in [0.25, 0.3) is 5.91 Å². The van der Waals surface area contributed by atoms with E-state index in [-0.39, 0.29) is 5.91 Å². The first kappa shape index (κ1) is 14.1. The smallest absolute Gasteiger partial charge is 0.254 e. The van der Waals surface area contributed by atoms with Crippen LogP contribution in [-0.2, 0) is 0 Å². The van der Waals surface area contributed by atoms with Gasteiger partial charge < -0.3 is 10.2 Å². The van der Waals surface area contributed by atoms with Crippen LogP contribution in [0.1, 0.15) is 37.6 Å². The maximum Gasteiger partial charge on any atom is 0.254 e. The van der Waals surface area contributed by atoms with E-state index >= 15 is 0 Å². The molecule has 1 heterocycles. The Hall–Kier alpha value is -1.35. The molecular formula is C16H24N2O. The lowest BCUT2D eigenvalue weighted by Gasteiger charge is -2.40. The van der Waals surface area contributed by atoms with Crippen LogP contribution in [0.5, 0.6) is 0 Å². The van der Waals surface area contributed by atoms with E-state index in [0.29, 0.717) is 18.0 Å². The molecule has 1 aliphatic rings. The van der Waals surface area contributed by atoms with Crippen LogP contribution in [0.3, 0.4) is 0 Å². The van der Waals surface area contributed by atoms with E-state index in [4.69, 9.17) is 0 Å². The molecule has 0 spiro atoms. The monoisotopic (exact) mass is 260 g/mol. The van der Waals surface area contributed by atoms with Gasteiger partial charge in [-0.15, -0.1) is 0 Å². The maximum atomic E-state index is 12.6. The Morgan fingerprint density at radius 3 is 2.68 bits per heavy atom. The second-order valence-electron chi connectivity index (χ2n) is 5.92. The summed E-state index contributed by atoms with van der Waals surface area (Å²) >= 11 is 0. The van der Waals surface area contributed by atoms with Crippen molar-refractivity contribution in [1.29, 1.82) is 0 Å². The molecule has 104 valence electrons. The lowest BCUT2D eigenvalue weighted by molar-refractivity contribution is 0.0563. The number of carbonyl (C=O) groups is 1. The summed E-state index contributed by atoms with van der Waals surface area (Å²) in [6.45, 7) is 8.26. The normalized spacial score (nSPS) is 23.7. The number of benzene rings is 1. The van der Waals surface area contributed by atoms with Crippen molar-refractivity contribution >= 4 is 5.91 Å². The fraction of sp³-hybridized carbons (Fsp3) is 0.562. The van der Waals surface area contributed by atoms with Crippen LogP contribution in [0.25, 0.3) is 0 Å². The zero-order valence-electron chi connectivity index (χ0n) is 12.1. The Bertz CT molecular complexity index is 416. The second kappa shape index (κ2) is 6.20. The minimum Gasteiger partial charge on any atom is -0.333 e. The van der Waals surface area contributed by atoms with Gasteiger partial charge in [-0.3, -0.25) is 4.79 Å². The van der Waals surface area contributed by atoms with E-state index in [1.807, 2.05) is 30.3 Å². The van der Waals surface area contributed by atoms with E-state index in [1.165, 1.54) is 0 Å². The van der Waals surface area contributed by atoms with Crippen LogP contribution >= 0.6 is 0 Å². The number of hydrogen-bond acceptors (Lipinski definition) is 2. The molecule has 3 heteroatoms. The van der Waals surface area contributed by atoms with Crippen molar-refractivity contribution in [3.63, 3.8) is 0 Å². The Morgan fingerprint density at radius 2 is 2.05 bits per heavy atom. The van der Waals surface area contributed by atoms with Crippen LogP contribution in [0, 0.1) is 5.92 Å². The molecule has 1 amide bonds. The average molecular weight is 260 g/mol. The van der Waals surface area contributed by atoms with Crippen LogP contribution in [0.2, 0.25) is 0 Å². The average Bonchev–Trinajstić information content (AvgIpc) is 2.40. The van der Waals surface area contributed by atoms with Gasteiger partial charge in [-0.2, -0.15) is 0 Å². The van der Waals surface area contributed by atoms with Crippen molar-refractivity contribution in [2.75, 3.05) is 13.1 Å². The number of nitrogens with one attached hydrogen (secondary N) is 1. The summed E-state index contributed by atoms with van der Waals surface area (Å²) in [5.41, 5.74) is 0.797. The molecule has 0 radical (unpaired) electrons. The van der Waals surface area contributed by atoms with Crippen LogP contribution in [-0.4, -0.2) is 36.0 Å². The predicted molar refractivity (Wildman–Crippen MR) is 78.2 cm³/mol. The van der Waals surface area contributed by atoms with Gasteiger partial charge in [0.05, 0.1) is 0 Å². The lowest BCUT2D eigenvalue weighted by Crippen LogP contribution is -2.57. The van der Waals surface area contributed by atoms with Crippen molar-refractivity contribution < 1.29 is 4.79 Å². The fourth-order valence-corrected chi connectivity index (χ4v) is 2.71. The van der Waals surface area contributed by atoms with Gasteiger partial charge in [-0.1, -0.05) is 32.0 Å². The highest BCUT2D eigenvalue weighted by molar-refractivity contribution is 5.94. The van der Waals surface area contributed by atoms with Gasteiger partial charge in [0.1, 0.15) is 0 Å². The van der Waals surface area contributed by atoms with Gasteiger partial charge in [-0.25, -0.2) is 0 Å². The molecule has 19 heavy (non-hydrogen) atoms. The van der Waals surface area contributed by atoms with E-state index in [9.17, 15) is 4.79 Å². The summed E-state index contributed by atoms with van der Waals surface area (Å²) in [4.78, 5) is 14.7. The van der Waals surface area contributed by atoms with E-state index < -0.39 is 0 Å². The summed E-state index contributed by atoms with van der Waals surface area (Å²) in [7, 11) is 0. The zero-order valence-corrected chi connectivity index (χ0v) is 12.1. The lowest BCUT2D eigenvalue weighted by atomic mass is 9.98. The molecule has 0 aromatic heterocycles. The molecule has 2 atom stereocenters. The summed E-state index contributed by atoms with van der Waals surface area (Å²) in [6.07, 6.45) is 1.05. The van der Waals surface area contributed by atoms with E-state index in [1.54, 1.807) is 0 Å². The van der Waals surface area contributed by atoms with Gasteiger partial charge >= 0.3 is 0 Å². The minimum atomic E-state index is 0.166. The van der Waals surface area contributed by atoms with Crippen LogP contribution in [0.4, 0.5) is 0 Å². The molecule has 0 bridgehead atoms. The minimum absolute atomic E-state index is 0.166. The molecule has 2 rings (SSSR count). The van der Waals surface area contributed by atoms with Gasteiger partial charge in [0, 0.05) is 30.7 Å². The molecular weight excluding hydrogens is 236 g/mol. The number of nitrogens with zero attached hydrogens (tertiary/aromatic N) is 1. The molecule has 0 saturated carbocycles. The standard InChI is InChI=1S/C16H24N2O/c1-12(2)9-15-10-17-13(3)11-18(15)16(19)14-7-5-4-6-8-14/h4-8,12-13,15,17H,9-11H2,1-3H3. The summed E-state index contributed by atoms with van der Waals surface area (Å²) in [6, 6.07) is 10.3. The van der Waals surface area contributed by atoms with E-state index in [0.717, 1.165) is 25.1 Å². The molecule has 1 aromatic carbocycles. The first-order valence-electron chi connectivity index (χ1n) is 7.17. The molecule has 0 aliphatic carbocycles. The Kier molecular flexibility index (Phi) is 4.59. The van der Waals surface area contributed by atoms with Crippen molar-refractivity contribution in [1.82, 2.24) is 10.2 Å².